The van der Waals surface area contributed by atoms with Gasteiger partial charge in [0.05, 0.1) is 0 Å². The van der Waals surface area contributed by atoms with Gasteiger partial charge >= 0.3 is 0 Å². The molecule has 13 heavy (non-hydrogen) atoms. The van der Waals surface area contributed by atoms with Crippen LogP contribution < -0.4 is 10.6 Å². The molecule has 1 rings (SSSR count). The van der Waals surface area contributed by atoms with Crippen LogP contribution in [0.4, 0.5) is 0 Å². The zero-order valence-electron chi connectivity index (χ0n) is 9.85. The molecule has 0 aromatic carbocycles. The second-order valence-electron chi connectivity index (χ2n) is 3.82. The summed E-state index contributed by atoms with van der Waals surface area (Å²) in [5.41, 5.74) is 0. The predicted molar refractivity (Wildman–Crippen MR) is 60.1 cm³/mol. The maximum atomic E-state index is 3.57. The van der Waals surface area contributed by atoms with Crippen molar-refractivity contribution in [1.29, 1.82) is 0 Å². The topological polar surface area (TPSA) is 24.1 Å². The Balaban J connectivity index is 0.000000671. The highest BCUT2D eigenvalue weighted by Gasteiger charge is 2.22. The van der Waals surface area contributed by atoms with Gasteiger partial charge in [-0.25, -0.2) is 0 Å². The van der Waals surface area contributed by atoms with E-state index in [1.54, 1.807) is 0 Å². The third kappa shape index (κ3) is 5.27. The first-order valence-corrected chi connectivity index (χ1v) is 5.65. The monoisotopic (exact) mass is 186 g/mol. The van der Waals surface area contributed by atoms with Crippen molar-refractivity contribution in [3.63, 3.8) is 0 Å². The first-order chi connectivity index (χ1) is 6.22. The highest BCUT2D eigenvalue weighted by molar-refractivity contribution is 4.84. The van der Waals surface area contributed by atoms with Crippen molar-refractivity contribution in [3.8, 4) is 0 Å². The molecule has 80 valence electrons. The van der Waals surface area contributed by atoms with E-state index in [-0.39, 0.29) is 0 Å². The minimum Gasteiger partial charge on any atom is -0.317 e. The van der Waals surface area contributed by atoms with Gasteiger partial charge in [-0.1, -0.05) is 27.7 Å². The van der Waals surface area contributed by atoms with Gasteiger partial charge in [0, 0.05) is 18.1 Å². The van der Waals surface area contributed by atoms with Gasteiger partial charge in [0.15, 0.2) is 0 Å². The largest absolute Gasteiger partial charge is 0.317 e. The van der Waals surface area contributed by atoms with Gasteiger partial charge < -0.3 is 10.6 Å². The van der Waals surface area contributed by atoms with E-state index in [0.29, 0.717) is 6.04 Å². The molecule has 0 saturated heterocycles. The van der Waals surface area contributed by atoms with Gasteiger partial charge in [-0.05, 0) is 26.3 Å². The molecule has 1 aliphatic rings. The van der Waals surface area contributed by atoms with Gasteiger partial charge in [-0.15, -0.1) is 0 Å². The minimum atomic E-state index is 0.635. The van der Waals surface area contributed by atoms with Crippen LogP contribution in [-0.2, 0) is 0 Å². The summed E-state index contributed by atoms with van der Waals surface area (Å²) in [6, 6.07) is 2.15. The third-order valence-corrected chi connectivity index (χ3v) is 2.41. The molecule has 0 aromatic rings. The summed E-state index contributed by atoms with van der Waals surface area (Å²) in [5.74, 6) is 0. The molecule has 2 atom stereocenters. The van der Waals surface area contributed by atoms with E-state index >= 15 is 0 Å². The van der Waals surface area contributed by atoms with Gasteiger partial charge in [0.2, 0.25) is 0 Å². The Morgan fingerprint density at radius 3 is 2.00 bits per heavy atom. The fourth-order valence-electron chi connectivity index (χ4n) is 1.87. The van der Waals surface area contributed by atoms with Crippen molar-refractivity contribution in [2.24, 2.45) is 0 Å². The summed E-state index contributed by atoms with van der Waals surface area (Å²) < 4.78 is 0. The molecule has 1 aliphatic carbocycles. The number of hydrogen-bond donors (Lipinski definition) is 2. The van der Waals surface area contributed by atoms with Crippen LogP contribution in [0.5, 0.6) is 0 Å². The van der Waals surface area contributed by atoms with Crippen LogP contribution in [-0.4, -0.2) is 25.2 Å². The van der Waals surface area contributed by atoms with Gasteiger partial charge in [0.25, 0.3) is 0 Å². The standard InChI is InChI=1S/C9H20N2.C2H6/c1-7(2)11-9-5-4-8(6-9)10-3;1-2/h7-11H,4-6H2,1-3H3;1-2H3. The maximum Gasteiger partial charge on any atom is 0.00848 e. The second kappa shape index (κ2) is 7.34. The molecule has 2 nitrogen and oxygen atoms in total. The number of rotatable bonds is 3. The van der Waals surface area contributed by atoms with Crippen LogP contribution >= 0.6 is 0 Å². The zero-order valence-corrected chi connectivity index (χ0v) is 9.85. The van der Waals surface area contributed by atoms with Gasteiger partial charge in [-0.3, -0.25) is 0 Å². The van der Waals surface area contributed by atoms with Crippen molar-refractivity contribution in [2.45, 2.75) is 65.1 Å². The SMILES string of the molecule is CC.CNC1CCC(NC(C)C)C1. The molecule has 1 fully saturated rings. The molecule has 0 aliphatic heterocycles. The molecule has 0 heterocycles. The molecule has 0 amide bonds. The van der Waals surface area contributed by atoms with E-state index in [1.165, 1.54) is 19.3 Å². The molecule has 1 saturated carbocycles. The lowest BCUT2D eigenvalue weighted by Gasteiger charge is -2.15. The minimum absolute atomic E-state index is 0.635. The van der Waals surface area contributed by atoms with Crippen molar-refractivity contribution < 1.29 is 0 Å². The molecule has 2 heteroatoms. The van der Waals surface area contributed by atoms with Crippen LogP contribution in [0.2, 0.25) is 0 Å². The molecule has 0 bridgehead atoms. The normalized spacial score (nSPS) is 27.2. The summed E-state index contributed by atoms with van der Waals surface area (Å²) >= 11 is 0. The summed E-state index contributed by atoms with van der Waals surface area (Å²) in [7, 11) is 2.06. The van der Waals surface area contributed by atoms with E-state index in [4.69, 9.17) is 0 Å². The zero-order chi connectivity index (χ0) is 10.3. The van der Waals surface area contributed by atoms with E-state index in [9.17, 15) is 0 Å². The summed E-state index contributed by atoms with van der Waals surface area (Å²) in [4.78, 5) is 0. The summed E-state index contributed by atoms with van der Waals surface area (Å²) in [6.45, 7) is 8.43. The smallest absolute Gasteiger partial charge is 0.00848 e. The maximum absolute atomic E-state index is 3.57. The lowest BCUT2D eigenvalue weighted by atomic mass is 10.2. The van der Waals surface area contributed by atoms with E-state index < -0.39 is 0 Å². The molecule has 2 unspecified atom stereocenters. The van der Waals surface area contributed by atoms with Crippen molar-refractivity contribution in [2.75, 3.05) is 7.05 Å². The van der Waals surface area contributed by atoms with Crippen molar-refractivity contribution in [1.82, 2.24) is 10.6 Å². The molecule has 0 spiro atoms. The highest BCUT2D eigenvalue weighted by Crippen LogP contribution is 2.18. The number of hydrogen-bond acceptors (Lipinski definition) is 2. The fourth-order valence-corrected chi connectivity index (χ4v) is 1.87. The molecular formula is C11H26N2. The van der Waals surface area contributed by atoms with Crippen LogP contribution in [0.1, 0.15) is 47.0 Å². The Kier molecular flexibility index (Phi) is 7.29. The third-order valence-electron chi connectivity index (χ3n) is 2.41. The van der Waals surface area contributed by atoms with E-state index in [0.717, 1.165) is 12.1 Å². The Morgan fingerprint density at radius 2 is 1.62 bits per heavy atom. The quantitative estimate of drug-likeness (QED) is 0.706. The summed E-state index contributed by atoms with van der Waals surface area (Å²) in [6.07, 6.45) is 3.97. The lowest BCUT2D eigenvalue weighted by Crippen LogP contribution is -2.34. The Morgan fingerprint density at radius 1 is 1.08 bits per heavy atom. The van der Waals surface area contributed by atoms with Crippen molar-refractivity contribution in [3.05, 3.63) is 0 Å². The molecule has 0 aromatic heterocycles. The van der Waals surface area contributed by atoms with Crippen LogP contribution in [0.3, 0.4) is 0 Å². The second-order valence-corrected chi connectivity index (χ2v) is 3.82. The first-order valence-electron chi connectivity index (χ1n) is 5.65. The Labute approximate surface area is 83.5 Å². The van der Waals surface area contributed by atoms with Gasteiger partial charge in [-0.2, -0.15) is 0 Å². The van der Waals surface area contributed by atoms with Crippen LogP contribution in [0, 0.1) is 0 Å². The Hall–Kier alpha value is -0.0800. The van der Waals surface area contributed by atoms with E-state index in [2.05, 4.69) is 31.5 Å². The van der Waals surface area contributed by atoms with Crippen LogP contribution in [0.25, 0.3) is 0 Å². The molecule has 2 N–H and O–H groups in total. The average molecular weight is 186 g/mol. The van der Waals surface area contributed by atoms with E-state index in [1.807, 2.05) is 13.8 Å². The lowest BCUT2D eigenvalue weighted by molar-refractivity contribution is 0.458. The summed E-state index contributed by atoms with van der Waals surface area (Å²) in [5, 5.41) is 6.89. The van der Waals surface area contributed by atoms with Crippen molar-refractivity contribution >= 4 is 0 Å². The predicted octanol–water partition coefficient (Wildman–Crippen LogP) is 2.15. The highest BCUT2D eigenvalue weighted by atomic mass is 15.0. The van der Waals surface area contributed by atoms with Gasteiger partial charge in [0.1, 0.15) is 0 Å². The fraction of sp³-hybridized carbons (Fsp3) is 1.00. The Bertz CT molecular complexity index is 113. The molecular weight excluding hydrogens is 160 g/mol. The average Bonchev–Trinajstić information content (AvgIpc) is 2.55. The molecule has 0 radical (unpaired) electrons. The first kappa shape index (κ1) is 12.9. The van der Waals surface area contributed by atoms with Crippen LogP contribution in [0.15, 0.2) is 0 Å². The number of nitrogens with one attached hydrogen (secondary N) is 2.